The number of anilines is 1. The Morgan fingerprint density at radius 3 is 2.63 bits per heavy atom. The van der Waals surface area contributed by atoms with Crippen LogP contribution >= 0.6 is 15.9 Å². The van der Waals surface area contributed by atoms with Gasteiger partial charge in [0.2, 0.25) is 0 Å². The lowest BCUT2D eigenvalue weighted by Crippen LogP contribution is -2.23. The molecular weight excluding hydrogens is 304 g/mol. The van der Waals surface area contributed by atoms with Gasteiger partial charge in [0.1, 0.15) is 5.82 Å². The summed E-state index contributed by atoms with van der Waals surface area (Å²) in [6, 6.07) is 4.13. The van der Waals surface area contributed by atoms with Crippen LogP contribution in [0.15, 0.2) is 24.5 Å². The van der Waals surface area contributed by atoms with Gasteiger partial charge >= 0.3 is 0 Å². The number of alkyl halides is 1. The number of pyridine rings is 1. The van der Waals surface area contributed by atoms with Crippen LogP contribution in [0.2, 0.25) is 0 Å². The average Bonchev–Trinajstić information content (AvgIpc) is 2.71. The number of hydrogen-bond donors (Lipinski definition) is 0. The van der Waals surface area contributed by atoms with Crippen LogP contribution in [0.1, 0.15) is 16.8 Å². The number of aromatic nitrogens is 3. The molecule has 0 radical (unpaired) electrons. The summed E-state index contributed by atoms with van der Waals surface area (Å²) >= 11 is 3.55. The summed E-state index contributed by atoms with van der Waals surface area (Å²) in [6.45, 7) is 3.01. The molecule has 0 aliphatic carbocycles. The van der Waals surface area contributed by atoms with E-state index in [0.717, 1.165) is 24.0 Å². The van der Waals surface area contributed by atoms with E-state index in [2.05, 4.69) is 57.0 Å². The molecule has 0 unspecified atom stereocenters. The fourth-order valence-electron chi connectivity index (χ4n) is 2.28. The van der Waals surface area contributed by atoms with E-state index in [9.17, 15) is 0 Å². The number of aryl methyl sites for hydroxylation is 2. The van der Waals surface area contributed by atoms with Crippen LogP contribution in [-0.2, 0) is 18.8 Å². The largest absolute Gasteiger partial charge is 0.359 e. The van der Waals surface area contributed by atoms with Crippen molar-refractivity contribution < 1.29 is 0 Å². The summed E-state index contributed by atoms with van der Waals surface area (Å²) < 4.78 is 1.96. The molecule has 0 fully saturated rings. The van der Waals surface area contributed by atoms with Crippen LogP contribution in [0.3, 0.4) is 0 Å². The van der Waals surface area contributed by atoms with E-state index in [1.54, 1.807) is 0 Å². The number of rotatable bonds is 5. The van der Waals surface area contributed by atoms with Crippen molar-refractivity contribution in [3.63, 3.8) is 0 Å². The number of likely N-dealkylation sites (N-methyl/N-ethyl adjacent to an activating group) is 1. The fraction of sp³-hybridized carbons (Fsp3) is 0.429. The van der Waals surface area contributed by atoms with Gasteiger partial charge < -0.3 is 4.90 Å². The van der Waals surface area contributed by atoms with Crippen molar-refractivity contribution in [3.8, 4) is 0 Å². The summed E-state index contributed by atoms with van der Waals surface area (Å²) in [5.74, 6) is 1.18. The molecule has 0 amide bonds. The zero-order valence-corrected chi connectivity index (χ0v) is 13.2. The Morgan fingerprint density at radius 2 is 2.00 bits per heavy atom. The first-order valence-corrected chi connectivity index (χ1v) is 7.44. The summed E-state index contributed by atoms with van der Waals surface area (Å²) in [5.41, 5.74) is 3.66. The van der Waals surface area contributed by atoms with Gasteiger partial charge in [-0.15, -0.1) is 0 Å². The number of nitrogens with zero attached hydrogens (tertiary/aromatic N) is 4. The Bertz CT molecular complexity index is 536. The molecule has 0 N–H and O–H groups in total. The highest BCUT2D eigenvalue weighted by Crippen LogP contribution is 2.24. The Labute approximate surface area is 122 Å². The van der Waals surface area contributed by atoms with E-state index in [1.807, 2.05) is 24.1 Å². The molecule has 0 saturated heterocycles. The monoisotopic (exact) mass is 322 g/mol. The van der Waals surface area contributed by atoms with Crippen molar-refractivity contribution in [3.05, 3.63) is 41.3 Å². The third-order valence-electron chi connectivity index (χ3n) is 3.29. The van der Waals surface area contributed by atoms with Gasteiger partial charge in [0.15, 0.2) is 0 Å². The van der Waals surface area contributed by atoms with Crippen LogP contribution < -0.4 is 4.90 Å². The molecule has 2 aromatic heterocycles. The topological polar surface area (TPSA) is 34.0 Å². The number of halogens is 1. The third kappa shape index (κ3) is 3.15. The molecule has 19 heavy (non-hydrogen) atoms. The molecule has 0 bridgehead atoms. The predicted molar refractivity (Wildman–Crippen MR) is 81.8 cm³/mol. The lowest BCUT2D eigenvalue weighted by Gasteiger charge is -2.20. The quantitative estimate of drug-likeness (QED) is 0.794. The van der Waals surface area contributed by atoms with Gasteiger partial charge in [-0.3, -0.25) is 9.67 Å². The molecule has 0 aliphatic heterocycles. The van der Waals surface area contributed by atoms with Crippen molar-refractivity contribution in [1.29, 1.82) is 0 Å². The molecule has 5 heteroatoms. The molecule has 0 spiro atoms. The van der Waals surface area contributed by atoms with E-state index in [1.165, 1.54) is 16.9 Å². The Kier molecular flexibility index (Phi) is 4.58. The van der Waals surface area contributed by atoms with Crippen molar-refractivity contribution in [2.75, 3.05) is 18.5 Å². The van der Waals surface area contributed by atoms with E-state index in [4.69, 9.17) is 0 Å². The van der Waals surface area contributed by atoms with Gasteiger partial charge in [0, 0.05) is 43.9 Å². The lowest BCUT2D eigenvalue weighted by molar-refractivity contribution is 0.723. The van der Waals surface area contributed by atoms with Crippen molar-refractivity contribution >= 4 is 21.7 Å². The highest BCUT2D eigenvalue weighted by atomic mass is 79.9. The van der Waals surface area contributed by atoms with Crippen molar-refractivity contribution in [1.82, 2.24) is 14.8 Å². The summed E-state index contributed by atoms with van der Waals surface area (Å²) in [6.07, 6.45) is 4.69. The van der Waals surface area contributed by atoms with E-state index < -0.39 is 0 Å². The van der Waals surface area contributed by atoms with Gasteiger partial charge in [-0.2, -0.15) is 5.10 Å². The smallest absolute Gasteiger partial charge is 0.130 e. The second-order valence-corrected chi connectivity index (χ2v) is 5.23. The fourth-order valence-corrected chi connectivity index (χ4v) is 2.93. The maximum Gasteiger partial charge on any atom is 0.130 e. The highest BCUT2D eigenvalue weighted by Gasteiger charge is 2.15. The SMILES string of the molecule is Cc1nn(C)c(N(C)CCc2ccncc2)c1CBr. The van der Waals surface area contributed by atoms with Gasteiger partial charge in [0.05, 0.1) is 5.69 Å². The third-order valence-corrected chi connectivity index (χ3v) is 3.85. The molecule has 2 rings (SSSR count). The molecular formula is C14H19BrN4. The first kappa shape index (κ1) is 14.1. The normalized spacial score (nSPS) is 10.7. The average molecular weight is 323 g/mol. The van der Waals surface area contributed by atoms with Crippen LogP contribution in [-0.4, -0.2) is 28.4 Å². The molecule has 2 heterocycles. The first-order chi connectivity index (χ1) is 9.13. The van der Waals surface area contributed by atoms with E-state index >= 15 is 0 Å². The van der Waals surface area contributed by atoms with Crippen LogP contribution in [0.5, 0.6) is 0 Å². The highest BCUT2D eigenvalue weighted by molar-refractivity contribution is 9.08. The minimum absolute atomic E-state index is 0.835. The lowest BCUT2D eigenvalue weighted by atomic mass is 10.2. The molecule has 0 aromatic carbocycles. The molecule has 102 valence electrons. The summed E-state index contributed by atoms with van der Waals surface area (Å²) in [7, 11) is 4.11. The zero-order valence-electron chi connectivity index (χ0n) is 11.6. The Morgan fingerprint density at radius 1 is 1.32 bits per heavy atom. The van der Waals surface area contributed by atoms with E-state index in [-0.39, 0.29) is 0 Å². The van der Waals surface area contributed by atoms with Gasteiger partial charge in [-0.05, 0) is 31.0 Å². The molecule has 4 nitrogen and oxygen atoms in total. The van der Waals surface area contributed by atoms with Crippen LogP contribution in [0.25, 0.3) is 0 Å². The maximum atomic E-state index is 4.49. The number of hydrogen-bond acceptors (Lipinski definition) is 3. The summed E-state index contributed by atoms with van der Waals surface area (Å²) in [5, 5.41) is 5.33. The second-order valence-electron chi connectivity index (χ2n) is 4.67. The standard InChI is InChI=1S/C14H19BrN4/c1-11-13(10-15)14(19(3)17-11)18(2)9-6-12-4-7-16-8-5-12/h4-5,7-8H,6,9-10H2,1-3H3. The zero-order chi connectivity index (χ0) is 13.8. The maximum absolute atomic E-state index is 4.49. The molecule has 0 atom stereocenters. The minimum Gasteiger partial charge on any atom is -0.359 e. The van der Waals surface area contributed by atoms with Crippen molar-refractivity contribution in [2.45, 2.75) is 18.7 Å². The summed E-state index contributed by atoms with van der Waals surface area (Å²) in [4.78, 5) is 6.30. The van der Waals surface area contributed by atoms with Gasteiger partial charge in [-0.1, -0.05) is 15.9 Å². The molecule has 2 aromatic rings. The van der Waals surface area contributed by atoms with Crippen molar-refractivity contribution in [2.24, 2.45) is 7.05 Å². The Hall–Kier alpha value is -1.36. The molecule has 0 aliphatic rings. The Balaban J connectivity index is 2.10. The second kappa shape index (κ2) is 6.19. The van der Waals surface area contributed by atoms with E-state index in [0.29, 0.717) is 0 Å². The van der Waals surface area contributed by atoms with Crippen LogP contribution in [0, 0.1) is 6.92 Å². The predicted octanol–water partition coefficient (Wildman–Crippen LogP) is 2.70. The minimum atomic E-state index is 0.835. The first-order valence-electron chi connectivity index (χ1n) is 6.32. The molecule has 0 saturated carbocycles. The van der Waals surface area contributed by atoms with Gasteiger partial charge in [0.25, 0.3) is 0 Å². The van der Waals surface area contributed by atoms with Crippen LogP contribution in [0.4, 0.5) is 5.82 Å². The van der Waals surface area contributed by atoms with Gasteiger partial charge in [-0.25, -0.2) is 0 Å².